The van der Waals surface area contributed by atoms with E-state index in [-0.39, 0.29) is 24.2 Å². The van der Waals surface area contributed by atoms with Gasteiger partial charge in [-0.05, 0) is 34.8 Å². The van der Waals surface area contributed by atoms with Crippen molar-refractivity contribution >= 4 is 0 Å². The standard InChI is InChI=1S/C28H34F3N3O4/c1-34(2,17-18-36-20-21-13-15-24(16-14-21)38-28(29,30)31)19-25-32-33-26(37-25)27(35,22-9-5-3-6-10-22)23-11-7-4-8-12-23/h3,5-6,9-10,13-16,23H,4,7-8,11-12,17-20H2,1-2H3. The highest BCUT2D eigenvalue weighted by Gasteiger charge is 2.37. The molecule has 0 N–H and O–H groups in total. The highest BCUT2D eigenvalue weighted by molar-refractivity contribution is 5.29. The van der Waals surface area contributed by atoms with E-state index < -0.39 is 12.0 Å². The van der Waals surface area contributed by atoms with Crippen molar-refractivity contribution in [2.45, 2.75) is 57.2 Å². The third-order valence-corrected chi connectivity index (χ3v) is 7.00. The lowest BCUT2D eigenvalue weighted by Crippen LogP contribution is -2.49. The molecule has 1 atom stereocenters. The summed E-state index contributed by atoms with van der Waals surface area (Å²) in [6, 6.07) is 14.9. The monoisotopic (exact) mass is 533 g/mol. The Morgan fingerprint density at radius 1 is 0.974 bits per heavy atom. The van der Waals surface area contributed by atoms with Crippen molar-refractivity contribution in [3.05, 3.63) is 77.5 Å². The minimum absolute atomic E-state index is 0.100. The van der Waals surface area contributed by atoms with Crippen molar-refractivity contribution in [2.24, 2.45) is 5.92 Å². The third kappa shape index (κ3) is 7.33. The van der Waals surface area contributed by atoms with E-state index in [1.165, 1.54) is 24.3 Å². The summed E-state index contributed by atoms with van der Waals surface area (Å²) in [5.74, 6) is 0.157. The van der Waals surface area contributed by atoms with Gasteiger partial charge in [-0.2, -0.15) is 0 Å². The second-order valence-corrected chi connectivity index (χ2v) is 10.5. The molecule has 0 aliphatic heterocycles. The Kier molecular flexibility index (Phi) is 8.74. The van der Waals surface area contributed by atoms with Crippen LogP contribution in [0.4, 0.5) is 13.2 Å². The number of aromatic nitrogens is 2. The SMILES string of the molecule is C[N+](C)(CCOCc1ccc(OC(F)(F)F)cc1)Cc1nnc(C([O-])(c2ccccc2)C2CCCCC2)o1. The number of hydrogen-bond acceptors (Lipinski definition) is 6. The van der Waals surface area contributed by atoms with Gasteiger partial charge in [0.25, 0.3) is 5.89 Å². The maximum absolute atomic E-state index is 14.4. The number of quaternary nitrogens is 1. The van der Waals surface area contributed by atoms with Crippen LogP contribution in [0.25, 0.3) is 0 Å². The van der Waals surface area contributed by atoms with E-state index in [9.17, 15) is 18.3 Å². The van der Waals surface area contributed by atoms with E-state index in [1.54, 1.807) is 0 Å². The maximum atomic E-state index is 14.4. The Morgan fingerprint density at radius 3 is 2.32 bits per heavy atom. The number of alkyl halides is 3. The lowest BCUT2D eigenvalue weighted by molar-refractivity contribution is -0.905. The molecule has 3 aromatic rings. The average molecular weight is 534 g/mol. The summed E-state index contributed by atoms with van der Waals surface area (Å²) in [5, 5.41) is 22.9. The molecule has 0 radical (unpaired) electrons. The first-order chi connectivity index (χ1) is 18.1. The first kappa shape index (κ1) is 28.1. The van der Waals surface area contributed by atoms with Crippen LogP contribution in [0.15, 0.2) is 59.0 Å². The highest BCUT2D eigenvalue weighted by atomic mass is 19.4. The average Bonchev–Trinajstić information content (AvgIpc) is 3.35. The van der Waals surface area contributed by atoms with Crippen LogP contribution in [-0.4, -0.2) is 48.3 Å². The zero-order valence-corrected chi connectivity index (χ0v) is 21.7. The molecule has 0 bridgehead atoms. The van der Waals surface area contributed by atoms with Crippen molar-refractivity contribution in [2.75, 3.05) is 27.2 Å². The molecule has 1 aromatic heterocycles. The lowest BCUT2D eigenvalue weighted by Gasteiger charge is -2.46. The van der Waals surface area contributed by atoms with E-state index in [4.69, 9.17) is 9.15 Å². The minimum Gasteiger partial charge on any atom is -0.839 e. The summed E-state index contributed by atoms with van der Waals surface area (Å²) < 4.78 is 53.0. The number of nitrogens with zero attached hydrogens (tertiary/aromatic N) is 3. The van der Waals surface area contributed by atoms with Crippen LogP contribution < -0.4 is 9.84 Å². The Labute approximate surface area is 220 Å². The molecule has 10 heteroatoms. The molecule has 1 unspecified atom stereocenters. The van der Waals surface area contributed by atoms with Gasteiger partial charge >= 0.3 is 6.36 Å². The summed E-state index contributed by atoms with van der Waals surface area (Å²) in [5.41, 5.74) is -0.183. The summed E-state index contributed by atoms with van der Waals surface area (Å²) in [4.78, 5) is 0. The van der Waals surface area contributed by atoms with E-state index >= 15 is 0 Å². The topological polar surface area (TPSA) is 80.4 Å². The molecule has 0 spiro atoms. The fourth-order valence-electron chi connectivity index (χ4n) is 4.93. The van der Waals surface area contributed by atoms with Gasteiger partial charge in [0.1, 0.15) is 12.3 Å². The summed E-state index contributed by atoms with van der Waals surface area (Å²) >= 11 is 0. The van der Waals surface area contributed by atoms with Gasteiger partial charge in [0.05, 0.1) is 27.3 Å². The van der Waals surface area contributed by atoms with Crippen molar-refractivity contribution in [3.8, 4) is 5.75 Å². The number of likely N-dealkylation sites (N-methyl/N-ethyl adjacent to an activating group) is 1. The third-order valence-electron chi connectivity index (χ3n) is 7.00. The lowest BCUT2D eigenvalue weighted by atomic mass is 9.73. The Balaban J connectivity index is 1.34. The maximum Gasteiger partial charge on any atom is 0.573 e. The van der Waals surface area contributed by atoms with Crippen LogP contribution in [0.5, 0.6) is 5.75 Å². The van der Waals surface area contributed by atoms with Crippen molar-refractivity contribution in [1.82, 2.24) is 10.2 Å². The summed E-state index contributed by atoms with van der Waals surface area (Å²) in [6.45, 7) is 1.72. The normalized spacial score (nSPS) is 16.8. The zero-order chi connectivity index (χ0) is 27.2. The first-order valence-corrected chi connectivity index (χ1v) is 12.9. The van der Waals surface area contributed by atoms with E-state index in [0.29, 0.717) is 35.6 Å². The molecule has 2 aromatic carbocycles. The molecular weight excluding hydrogens is 499 g/mol. The van der Waals surface area contributed by atoms with Crippen molar-refractivity contribution in [1.29, 1.82) is 0 Å². The van der Waals surface area contributed by atoms with Crippen molar-refractivity contribution < 1.29 is 36.7 Å². The van der Waals surface area contributed by atoms with Crippen LogP contribution in [-0.2, 0) is 23.5 Å². The Morgan fingerprint density at radius 2 is 1.66 bits per heavy atom. The molecule has 1 aliphatic rings. The molecule has 1 heterocycles. The highest BCUT2D eigenvalue weighted by Crippen LogP contribution is 2.41. The molecule has 206 valence electrons. The van der Waals surface area contributed by atoms with Gasteiger partial charge in [-0.3, -0.25) is 0 Å². The Hall–Kier alpha value is -2.95. The molecule has 0 saturated heterocycles. The minimum atomic E-state index is -4.72. The smallest absolute Gasteiger partial charge is 0.573 e. The fourth-order valence-corrected chi connectivity index (χ4v) is 4.93. The summed E-state index contributed by atoms with van der Waals surface area (Å²) in [7, 11) is 4.00. The molecule has 1 fully saturated rings. The molecule has 1 saturated carbocycles. The van der Waals surface area contributed by atoms with E-state index in [2.05, 4.69) is 14.9 Å². The Bertz CT molecular complexity index is 1150. The number of hydrogen-bond donors (Lipinski definition) is 0. The fraction of sp³-hybridized carbons (Fsp3) is 0.500. The molecule has 7 nitrogen and oxygen atoms in total. The number of rotatable bonds is 11. The van der Waals surface area contributed by atoms with Gasteiger partial charge < -0.3 is 23.5 Å². The van der Waals surface area contributed by atoms with Gasteiger partial charge in [0, 0.05) is 0 Å². The van der Waals surface area contributed by atoms with E-state index in [1.807, 2.05) is 44.4 Å². The number of ether oxygens (including phenoxy) is 2. The van der Waals surface area contributed by atoms with Crippen LogP contribution in [0.1, 0.15) is 55.0 Å². The predicted octanol–water partition coefficient (Wildman–Crippen LogP) is 4.95. The van der Waals surface area contributed by atoms with E-state index in [0.717, 1.165) is 37.7 Å². The number of halogens is 3. The molecule has 38 heavy (non-hydrogen) atoms. The molecule has 0 amide bonds. The van der Waals surface area contributed by atoms with Gasteiger partial charge in [-0.15, -0.1) is 23.4 Å². The molecule has 1 aliphatic carbocycles. The van der Waals surface area contributed by atoms with Crippen LogP contribution in [0.3, 0.4) is 0 Å². The second kappa shape index (κ2) is 11.8. The zero-order valence-electron chi connectivity index (χ0n) is 21.7. The van der Waals surface area contributed by atoms with Gasteiger partial charge in [0.2, 0.25) is 5.89 Å². The quantitative estimate of drug-likeness (QED) is 0.257. The predicted molar refractivity (Wildman–Crippen MR) is 132 cm³/mol. The van der Waals surface area contributed by atoms with Gasteiger partial charge in [-0.25, -0.2) is 0 Å². The first-order valence-electron chi connectivity index (χ1n) is 12.9. The largest absolute Gasteiger partial charge is 0.839 e. The van der Waals surface area contributed by atoms with Crippen LogP contribution >= 0.6 is 0 Å². The van der Waals surface area contributed by atoms with Crippen LogP contribution in [0.2, 0.25) is 0 Å². The van der Waals surface area contributed by atoms with Crippen molar-refractivity contribution in [3.63, 3.8) is 0 Å². The number of benzene rings is 2. The van der Waals surface area contributed by atoms with Gasteiger partial charge in [-0.1, -0.05) is 74.6 Å². The molecular formula is C28H34F3N3O4. The molecule has 4 rings (SSSR count). The second-order valence-electron chi connectivity index (χ2n) is 10.5. The van der Waals surface area contributed by atoms with Crippen LogP contribution in [0, 0.1) is 5.92 Å². The summed E-state index contributed by atoms with van der Waals surface area (Å²) in [6.07, 6.45) is 0.158. The van der Waals surface area contributed by atoms with Gasteiger partial charge in [0.15, 0.2) is 6.54 Å².